The van der Waals surface area contributed by atoms with Crippen molar-refractivity contribution in [3.8, 4) is 22.8 Å². The molecule has 1 N–H and O–H groups in total. The highest BCUT2D eigenvalue weighted by Crippen LogP contribution is 2.32. The second-order valence-electron chi connectivity index (χ2n) is 6.79. The van der Waals surface area contributed by atoms with Crippen LogP contribution >= 0.6 is 0 Å². The summed E-state index contributed by atoms with van der Waals surface area (Å²) in [6, 6.07) is 13.3. The SMILES string of the molecule is CCCS(=O)(=O)c1ccc(-c2cc(C(=O)NCc3ccc4c(c3)OCO4)no2)cc1. The minimum atomic E-state index is -3.28. The van der Waals surface area contributed by atoms with E-state index in [2.05, 4.69) is 10.5 Å². The van der Waals surface area contributed by atoms with Crippen LogP contribution in [0.2, 0.25) is 0 Å². The Morgan fingerprint density at radius 3 is 2.60 bits per heavy atom. The first-order chi connectivity index (χ1) is 14.5. The summed E-state index contributed by atoms with van der Waals surface area (Å²) in [4.78, 5) is 12.6. The molecule has 0 spiro atoms. The number of amides is 1. The molecule has 0 saturated carbocycles. The van der Waals surface area contributed by atoms with Crippen LogP contribution in [0.4, 0.5) is 0 Å². The molecule has 9 heteroatoms. The van der Waals surface area contributed by atoms with E-state index in [1.54, 1.807) is 18.2 Å². The van der Waals surface area contributed by atoms with Gasteiger partial charge in [-0.05, 0) is 48.4 Å². The maximum atomic E-state index is 12.4. The van der Waals surface area contributed by atoms with Gasteiger partial charge in [0.1, 0.15) is 0 Å². The highest BCUT2D eigenvalue weighted by molar-refractivity contribution is 7.91. The number of carbonyl (C=O) groups excluding carboxylic acids is 1. The smallest absolute Gasteiger partial charge is 0.273 e. The standard InChI is InChI=1S/C21H20N2O6S/c1-2-9-30(25,26)16-6-4-15(5-7-16)19-11-17(23-29-19)21(24)22-12-14-3-8-18-20(10-14)28-13-27-18/h3-8,10-11H,2,9,12-13H2,1H3,(H,22,24). The third-order valence-corrected chi connectivity index (χ3v) is 6.54. The Morgan fingerprint density at radius 1 is 1.07 bits per heavy atom. The third kappa shape index (κ3) is 4.16. The lowest BCUT2D eigenvalue weighted by atomic mass is 10.1. The van der Waals surface area contributed by atoms with Crippen LogP contribution in [0.25, 0.3) is 11.3 Å². The number of nitrogens with one attached hydrogen (secondary N) is 1. The van der Waals surface area contributed by atoms with E-state index in [4.69, 9.17) is 14.0 Å². The second-order valence-corrected chi connectivity index (χ2v) is 8.90. The average molecular weight is 428 g/mol. The topological polar surface area (TPSA) is 108 Å². The summed E-state index contributed by atoms with van der Waals surface area (Å²) in [6.07, 6.45) is 0.552. The van der Waals surface area contributed by atoms with E-state index >= 15 is 0 Å². The summed E-state index contributed by atoms with van der Waals surface area (Å²) >= 11 is 0. The number of carbonyl (C=O) groups is 1. The molecule has 1 aliphatic rings. The number of sulfone groups is 1. The van der Waals surface area contributed by atoms with Crippen molar-refractivity contribution in [3.05, 3.63) is 59.8 Å². The van der Waals surface area contributed by atoms with Gasteiger partial charge >= 0.3 is 0 Å². The lowest BCUT2D eigenvalue weighted by molar-refractivity contribution is 0.0942. The number of benzene rings is 2. The van der Waals surface area contributed by atoms with Gasteiger partial charge in [-0.3, -0.25) is 4.79 Å². The number of rotatable bonds is 7. The van der Waals surface area contributed by atoms with Gasteiger partial charge in [0.25, 0.3) is 5.91 Å². The fourth-order valence-electron chi connectivity index (χ4n) is 3.06. The van der Waals surface area contributed by atoms with E-state index in [-0.39, 0.29) is 29.0 Å². The molecular weight excluding hydrogens is 408 g/mol. The third-order valence-electron chi connectivity index (χ3n) is 4.60. The zero-order valence-corrected chi connectivity index (χ0v) is 17.1. The maximum absolute atomic E-state index is 12.4. The Hall–Kier alpha value is -3.33. The van der Waals surface area contributed by atoms with Crippen LogP contribution in [0.3, 0.4) is 0 Å². The fraction of sp³-hybridized carbons (Fsp3) is 0.238. The lowest BCUT2D eigenvalue weighted by Crippen LogP contribution is -2.22. The molecule has 0 atom stereocenters. The first-order valence-corrected chi connectivity index (χ1v) is 11.1. The van der Waals surface area contributed by atoms with E-state index in [9.17, 15) is 13.2 Å². The Labute approximate surface area is 173 Å². The quantitative estimate of drug-likeness (QED) is 0.616. The minimum Gasteiger partial charge on any atom is -0.454 e. The maximum Gasteiger partial charge on any atom is 0.273 e. The molecular formula is C21H20N2O6S. The Bertz CT molecular complexity index is 1170. The Balaban J connectivity index is 1.41. The van der Waals surface area contributed by atoms with Gasteiger partial charge in [-0.2, -0.15) is 0 Å². The number of fused-ring (bicyclic) bond motifs is 1. The summed E-state index contributed by atoms with van der Waals surface area (Å²) in [7, 11) is -3.28. The van der Waals surface area contributed by atoms with Crippen LogP contribution in [-0.2, 0) is 16.4 Å². The van der Waals surface area contributed by atoms with Gasteiger partial charge in [-0.15, -0.1) is 0 Å². The predicted molar refractivity (Wildman–Crippen MR) is 108 cm³/mol. The highest BCUT2D eigenvalue weighted by Gasteiger charge is 2.17. The number of nitrogens with zero attached hydrogens (tertiary/aromatic N) is 1. The van der Waals surface area contributed by atoms with Gasteiger partial charge in [-0.1, -0.05) is 18.1 Å². The molecule has 2 aromatic carbocycles. The fourth-order valence-corrected chi connectivity index (χ4v) is 4.38. The Kier molecular flexibility index (Phi) is 5.45. The molecule has 0 aliphatic carbocycles. The molecule has 1 aliphatic heterocycles. The molecule has 0 radical (unpaired) electrons. The average Bonchev–Trinajstić information content (AvgIpc) is 3.41. The summed E-state index contributed by atoms with van der Waals surface area (Å²) in [5.74, 6) is 1.42. The molecule has 0 unspecified atom stereocenters. The van der Waals surface area contributed by atoms with Crippen LogP contribution in [0.1, 0.15) is 29.4 Å². The van der Waals surface area contributed by atoms with Gasteiger partial charge in [0.05, 0.1) is 10.6 Å². The molecule has 30 heavy (non-hydrogen) atoms. The second kappa shape index (κ2) is 8.19. The lowest BCUT2D eigenvalue weighted by Gasteiger charge is -2.04. The minimum absolute atomic E-state index is 0.0995. The molecule has 0 bridgehead atoms. The summed E-state index contributed by atoms with van der Waals surface area (Å²) in [6.45, 7) is 2.31. The van der Waals surface area contributed by atoms with Crippen molar-refractivity contribution in [1.82, 2.24) is 10.5 Å². The molecule has 1 aromatic heterocycles. The van der Waals surface area contributed by atoms with Crippen LogP contribution in [0, 0.1) is 0 Å². The molecule has 4 rings (SSSR count). The molecule has 2 heterocycles. The van der Waals surface area contributed by atoms with E-state index in [0.29, 0.717) is 35.8 Å². The van der Waals surface area contributed by atoms with Crippen LogP contribution in [0.15, 0.2) is 57.9 Å². The van der Waals surface area contributed by atoms with Crippen molar-refractivity contribution in [2.75, 3.05) is 12.5 Å². The van der Waals surface area contributed by atoms with Crippen LogP contribution in [-0.4, -0.2) is 32.0 Å². The van der Waals surface area contributed by atoms with Crippen molar-refractivity contribution in [1.29, 1.82) is 0 Å². The number of hydrogen-bond acceptors (Lipinski definition) is 7. The predicted octanol–water partition coefficient (Wildman–Crippen LogP) is 3.18. The first-order valence-electron chi connectivity index (χ1n) is 9.43. The van der Waals surface area contributed by atoms with Crippen molar-refractivity contribution in [2.24, 2.45) is 0 Å². The molecule has 3 aromatic rings. The molecule has 0 saturated heterocycles. The summed E-state index contributed by atoms with van der Waals surface area (Å²) in [5.41, 5.74) is 1.63. The Morgan fingerprint density at radius 2 is 1.83 bits per heavy atom. The van der Waals surface area contributed by atoms with Crippen molar-refractivity contribution < 1.29 is 27.2 Å². The van der Waals surface area contributed by atoms with Gasteiger partial charge < -0.3 is 19.3 Å². The van der Waals surface area contributed by atoms with Crippen molar-refractivity contribution >= 4 is 15.7 Å². The van der Waals surface area contributed by atoms with Crippen molar-refractivity contribution in [2.45, 2.75) is 24.8 Å². The summed E-state index contributed by atoms with van der Waals surface area (Å²) < 4.78 is 40.1. The molecule has 0 fully saturated rings. The molecule has 1 amide bonds. The first kappa shape index (κ1) is 20.0. The zero-order valence-electron chi connectivity index (χ0n) is 16.3. The van der Waals surface area contributed by atoms with E-state index in [0.717, 1.165) is 5.56 Å². The molecule has 156 valence electrons. The largest absolute Gasteiger partial charge is 0.454 e. The van der Waals surface area contributed by atoms with Crippen LogP contribution in [0.5, 0.6) is 11.5 Å². The van der Waals surface area contributed by atoms with Crippen LogP contribution < -0.4 is 14.8 Å². The number of aromatic nitrogens is 1. The van der Waals surface area contributed by atoms with E-state index in [1.165, 1.54) is 18.2 Å². The zero-order chi connectivity index (χ0) is 21.1. The van der Waals surface area contributed by atoms with Crippen molar-refractivity contribution in [3.63, 3.8) is 0 Å². The molecule has 8 nitrogen and oxygen atoms in total. The van der Waals surface area contributed by atoms with E-state index in [1.807, 2.05) is 19.1 Å². The number of ether oxygens (including phenoxy) is 2. The van der Waals surface area contributed by atoms with Gasteiger partial charge in [0.2, 0.25) is 6.79 Å². The van der Waals surface area contributed by atoms with Gasteiger partial charge in [-0.25, -0.2) is 8.42 Å². The monoisotopic (exact) mass is 428 g/mol. The van der Waals surface area contributed by atoms with E-state index < -0.39 is 9.84 Å². The highest BCUT2D eigenvalue weighted by atomic mass is 32.2. The normalized spacial score (nSPS) is 12.7. The number of hydrogen-bond donors (Lipinski definition) is 1. The summed E-state index contributed by atoms with van der Waals surface area (Å²) in [5, 5.41) is 6.59. The van der Waals surface area contributed by atoms with Gasteiger partial charge in [0, 0.05) is 18.2 Å². The van der Waals surface area contributed by atoms with Gasteiger partial charge in [0.15, 0.2) is 32.8 Å².